The first-order valence-corrected chi connectivity index (χ1v) is 9.99. The van der Waals surface area contributed by atoms with Crippen molar-refractivity contribution in [3.8, 4) is 0 Å². The van der Waals surface area contributed by atoms with Crippen LogP contribution >= 0.6 is 0 Å². The molecule has 0 saturated heterocycles. The average molecular weight is 390 g/mol. The first-order valence-electron chi connectivity index (χ1n) is 9.99. The molecule has 0 fully saturated rings. The third kappa shape index (κ3) is 4.51. The fraction of sp³-hybridized carbons (Fsp3) is 0.364. The summed E-state index contributed by atoms with van der Waals surface area (Å²) in [6.07, 6.45) is 2.47. The van der Waals surface area contributed by atoms with Gasteiger partial charge in [0.15, 0.2) is 5.82 Å². The third-order valence-corrected chi connectivity index (χ3v) is 5.39. The Morgan fingerprint density at radius 1 is 1.10 bits per heavy atom. The minimum atomic E-state index is -0.201. The van der Waals surface area contributed by atoms with Gasteiger partial charge in [-0.2, -0.15) is 0 Å². The molecule has 2 aromatic heterocycles. The number of nitrogens with one attached hydrogen (secondary N) is 1. The molecule has 0 spiro atoms. The third-order valence-electron chi connectivity index (χ3n) is 5.39. The van der Waals surface area contributed by atoms with Gasteiger partial charge in [-0.1, -0.05) is 29.8 Å². The smallest absolute Gasteiger partial charge is 0.270 e. The zero-order valence-electron chi connectivity index (χ0n) is 16.9. The molecule has 1 amide bonds. The molecule has 1 N–H and O–H groups in total. The van der Waals surface area contributed by atoms with Gasteiger partial charge in [0, 0.05) is 38.8 Å². The van der Waals surface area contributed by atoms with E-state index in [1.165, 1.54) is 16.7 Å². The van der Waals surface area contributed by atoms with Crippen LogP contribution in [0.4, 0.5) is 0 Å². The fourth-order valence-corrected chi connectivity index (χ4v) is 3.73. The lowest BCUT2D eigenvalue weighted by Gasteiger charge is -2.21. The summed E-state index contributed by atoms with van der Waals surface area (Å²) in [7, 11) is 0. The van der Waals surface area contributed by atoms with Crippen LogP contribution in [0, 0.1) is 13.8 Å². The van der Waals surface area contributed by atoms with Crippen molar-refractivity contribution in [3.05, 3.63) is 76.6 Å². The van der Waals surface area contributed by atoms with Crippen LogP contribution in [0.2, 0.25) is 0 Å². The van der Waals surface area contributed by atoms with E-state index in [1.54, 1.807) is 24.4 Å². The number of rotatable bonds is 5. The molecule has 3 aromatic rings. The van der Waals surface area contributed by atoms with E-state index in [0.717, 1.165) is 44.2 Å². The van der Waals surface area contributed by atoms with Crippen molar-refractivity contribution in [2.24, 2.45) is 0 Å². The van der Waals surface area contributed by atoms with Crippen LogP contribution in [0.5, 0.6) is 0 Å². The maximum atomic E-state index is 12.2. The van der Waals surface area contributed by atoms with E-state index in [-0.39, 0.29) is 5.91 Å². The summed E-state index contributed by atoms with van der Waals surface area (Å²) in [6.45, 7) is 8.29. The summed E-state index contributed by atoms with van der Waals surface area (Å²) in [5, 5.41) is 11.6. The Labute approximate surface area is 170 Å². The predicted octanol–water partition coefficient (Wildman–Crippen LogP) is 2.28. The molecule has 7 nitrogen and oxygen atoms in total. The fourth-order valence-electron chi connectivity index (χ4n) is 3.73. The van der Waals surface area contributed by atoms with Gasteiger partial charge in [0.1, 0.15) is 11.5 Å². The number of nitrogens with zero attached hydrogens (tertiary/aromatic N) is 5. The van der Waals surface area contributed by atoms with Gasteiger partial charge in [0.25, 0.3) is 5.91 Å². The minimum Gasteiger partial charge on any atom is -0.343 e. The molecule has 1 aromatic carbocycles. The zero-order valence-corrected chi connectivity index (χ0v) is 16.9. The number of aromatic nitrogens is 4. The molecule has 0 radical (unpaired) electrons. The number of carbonyl (C=O) groups excluding carboxylic acids is 1. The Hall–Kier alpha value is -3.06. The Morgan fingerprint density at radius 3 is 2.79 bits per heavy atom. The van der Waals surface area contributed by atoms with E-state index in [9.17, 15) is 4.79 Å². The van der Waals surface area contributed by atoms with Crippen LogP contribution in [0.3, 0.4) is 0 Å². The van der Waals surface area contributed by atoms with Crippen molar-refractivity contribution in [2.75, 3.05) is 13.1 Å². The molecule has 0 aliphatic carbocycles. The van der Waals surface area contributed by atoms with Gasteiger partial charge in [-0.25, -0.2) is 0 Å². The first kappa shape index (κ1) is 19.3. The number of pyridine rings is 1. The first-order chi connectivity index (χ1) is 14.1. The Balaban J connectivity index is 1.38. The van der Waals surface area contributed by atoms with Crippen molar-refractivity contribution >= 4 is 5.91 Å². The van der Waals surface area contributed by atoms with Crippen LogP contribution in [-0.4, -0.2) is 43.6 Å². The predicted molar refractivity (Wildman–Crippen MR) is 110 cm³/mol. The highest BCUT2D eigenvalue weighted by Gasteiger charge is 2.19. The van der Waals surface area contributed by atoms with Crippen molar-refractivity contribution in [1.82, 2.24) is 30.0 Å². The topological polar surface area (TPSA) is 75.9 Å². The van der Waals surface area contributed by atoms with Gasteiger partial charge in [-0.05, 0) is 37.1 Å². The van der Waals surface area contributed by atoms with Gasteiger partial charge in [-0.15, -0.1) is 10.2 Å². The second-order valence-corrected chi connectivity index (χ2v) is 7.54. The Kier molecular flexibility index (Phi) is 5.67. The van der Waals surface area contributed by atoms with Gasteiger partial charge in [0.05, 0.1) is 6.54 Å². The van der Waals surface area contributed by atoms with Crippen molar-refractivity contribution in [3.63, 3.8) is 0 Å². The van der Waals surface area contributed by atoms with E-state index in [2.05, 4.69) is 62.0 Å². The van der Waals surface area contributed by atoms with E-state index in [4.69, 9.17) is 0 Å². The number of carbonyl (C=O) groups is 1. The van der Waals surface area contributed by atoms with E-state index in [0.29, 0.717) is 12.2 Å². The molecular formula is C22H26N6O. The van der Waals surface area contributed by atoms with E-state index in [1.807, 2.05) is 0 Å². The molecule has 7 heteroatoms. The van der Waals surface area contributed by atoms with Crippen molar-refractivity contribution < 1.29 is 4.79 Å². The largest absolute Gasteiger partial charge is 0.343 e. The molecule has 29 heavy (non-hydrogen) atoms. The monoisotopic (exact) mass is 390 g/mol. The highest BCUT2D eigenvalue weighted by Crippen LogP contribution is 2.16. The zero-order chi connectivity index (χ0) is 20.2. The summed E-state index contributed by atoms with van der Waals surface area (Å²) >= 11 is 0. The molecule has 0 unspecified atom stereocenters. The van der Waals surface area contributed by atoms with Crippen LogP contribution in [0.25, 0.3) is 0 Å². The Morgan fingerprint density at radius 2 is 2.00 bits per heavy atom. The Bertz CT molecular complexity index is 998. The molecule has 0 atom stereocenters. The highest BCUT2D eigenvalue weighted by molar-refractivity contribution is 5.92. The number of hydrogen-bond donors (Lipinski definition) is 1. The van der Waals surface area contributed by atoms with Crippen molar-refractivity contribution in [1.29, 1.82) is 0 Å². The lowest BCUT2D eigenvalue weighted by molar-refractivity contribution is 0.0944. The highest BCUT2D eigenvalue weighted by atomic mass is 16.1. The van der Waals surface area contributed by atoms with Gasteiger partial charge in [-0.3, -0.25) is 14.7 Å². The maximum Gasteiger partial charge on any atom is 0.270 e. The van der Waals surface area contributed by atoms with E-state index >= 15 is 0 Å². The quantitative estimate of drug-likeness (QED) is 0.723. The summed E-state index contributed by atoms with van der Waals surface area (Å²) in [5.41, 5.74) is 4.41. The molecule has 0 saturated carbocycles. The SMILES string of the molecule is Cc1ccc(CN2CCc3nnc(CNC(=O)c4ccccn4)n3CC2)c(C)c1. The van der Waals surface area contributed by atoms with E-state index < -0.39 is 0 Å². The van der Waals surface area contributed by atoms with Crippen molar-refractivity contribution in [2.45, 2.75) is 39.9 Å². The summed E-state index contributed by atoms with van der Waals surface area (Å²) < 4.78 is 2.14. The molecule has 1 aliphatic rings. The molecular weight excluding hydrogens is 364 g/mol. The molecule has 4 rings (SSSR count). The molecule has 1 aliphatic heterocycles. The van der Waals surface area contributed by atoms with Gasteiger partial charge >= 0.3 is 0 Å². The number of benzene rings is 1. The number of aryl methyl sites for hydroxylation is 2. The lowest BCUT2D eigenvalue weighted by Crippen LogP contribution is -2.28. The second kappa shape index (κ2) is 8.53. The maximum absolute atomic E-state index is 12.2. The number of hydrogen-bond acceptors (Lipinski definition) is 5. The minimum absolute atomic E-state index is 0.201. The molecule has 0 bridgehead atoms. The summed E-state index contributed by atoms with van der Waals surface area (Å²) in [5.74, 6) is 1.57. The summed E-state index contributed by atoms with van der Waals surface area (Å²) in [6, 6.07) is 11.9. The van der Waals surface area contributed by atoms with Crippen LogP contribution < -0.4 is 5.32 Å². The van der Waals surface area contributed by atoms with Gasteiger partial charge < -0.3 is 9.88 Å². The second-order valence-electron chi connectivity index (χ2n) is 7.54. The van der Waals surface area contributed by atoms with Crippen LogP contribution in [-0.2, 0) is 26.1 Å². The van der Waals surface area contributed by atoms with Gasteiger partial charge in [0.2, 0.25) is 0 Å². The molecule has 3 heterocycles. The van der Waals surface area contributed by atoms with Crippen LogP contribution in [0.1, 0.15) is 38.8 Å². The normalized spacial score (nSPS) is 14.3. The standard InChI is InChI=1S/C22H26N6O/c1-16-6-7-18(17(2)13-16)15-27-10-8-20-25-26-21(28(20)12-11-27)14-24-22(29)19-5-3-4-9-23-19/h3-7,9,13H,8,10-12,14-15H2,1-2H3,(H,24,29). The lowest BCUT2D eigenvalue weighted by atomic mass is 10.1. The molecule has 150 valence electrons. The number of amides is 1. The average Bonchev–Trinajstić information content (AvgIpc) is 3.01. The number of fused-ring (bicyclic) bond motifs is 1. The van der Waals surface area contributed by atoms with Crippen LogP contribution in [0.15, 0.2) is 42.6 Å². The summed E-state index contributed by atoms with van der Waals surface area (Å²) in [4.78, 5) is 18.8.